The molecule has 0 saturated heterocycles. The van der Waals surface area contributed by atoms with Crippen molar-refractivity contribution in [1.82, 2.24) is 10.2 Å². The number of halogens is 1. The van der Waals surface area contributed by atoms with Crippen LogP contribution in [0.4, 0.5) is 5.69 Å². The van der Waals surface area contributed by atoms with Gasteiger partial charge in [-0.1, -0.05) is 23.7 Å². The molecule has 0 unspecified atom stereocenters. The molecular formula is C18H14ClN3O3. The third kappa shape index (κ3) is 4.68. The third-order valence-corrected chi connectivity index (χ3v) is 3.56. The number of nitrogens with one attached hydrogen (secondary N) is 2. The van der Waals surface area contributed by atoms with Crippen molar-refractivity contribution in [3.8, 4) is 17.0 Å². The van der Waals surface area contributed by atoms with Gasteiger partial charge < -0.3 is 10.1 Å². The van der Waals surface area contributed by atoms with Crippen LogP contribution in [0.3, 0.4) is 0 Å². The van der Waals surface area contributed by atoms with Gasteiger partial charge in [0.25, 0.3) is 11.5 Å². The first-order chi connectivity index (χ1) is 12.1. The van der Waals surface area contributed by atoms with Crippen LogP contribution < -0.4 is 15.6 Å². The van der Waals surface area contributed by atoms with Gasteiger partial charge in [0, 0.05) is 22.3 Å². The molecule has 0 fully saturated rings. The number of nitrogens with zero attached hydrogens (tertiary/aromatic N) is 1. The van der Waals surface area contributed by atoms with E-state index in [2.05, 4.69) is 15.5 Å². The van der Waals surface area contributed by atoms with Gasteiger partial charge in [-0.3, -0.25) is 9.59 Å². The number of amides is 1. The largest absolute Gasteiger partial charge is 0.484 e. The molecule has 0 atom stereocenters. The average molecular weight is 356 g/mol. The summed E-state index contributed by atoms with van der Waals surface area (Å²) >= 11 is 5.80. The zero-order chi connectivity index (χ0) is 17.6. The number of ether oxygens (including phenoxy) is 1. The lowest BCUT2D eigenvalue weighted by Crippen LogP contribution is -2.20. The molecule has 3 rings (SSSR count). The van der Waals surface area contributed by atoms with E-state index in [0.717, 1.165) is 5.56 Å². The summed E-state index contributed by atoms with van der Waals surface area (Å²) in [6.45, 7) is -0.122. The lowest BCUT2D eigenvalue weighted by atomic mass is 10.1. The van der Waals surface area contributed by atoms with E-state index in [0.29, 0.717) is 22.2 Å². The highest BCUT2D eigenvalue weighted by molar-refractivity contribution is 6.30. The molecule has 7 heteroatoms. The molecule has 0 radical (unpaired) electrons. The Morgan fingerprint density at radius 3 is 2.64 bits per heavy atom. The summed E-state index contributed by atoms with van der Waals surface area (Å²) in [5, 5.41) is 9.70. The molecule has 25 heavy (non-hydrogen) atoms. The van der Waals surface area contributed by atoms with Crippen molar-refractivity contribution in [3.05, 3.63) is 76.0 Å². The molecule has 0 aliphatic rings. The van der Waals surface area contributed by atoms with Gasteiger partial charge in [-0.25, -0.2) is 5.10 Å². The number of H-pyrrole nitrogens is 1. The van der Waals surface area contributed by atoms with Crippen LogP contribution >= 0.6 is 11.6 Å². The lowest BCUT2D eigenvalue weighted by Gasteiger charge is -2.09. The Morgan fingerprint density at radius 1 is 1.12 bits per heavy atom. The van der Waals surface area contributed by atoms with Crippen molar-refractivity contribution in [2.75, 3.05) is 11.9 Å². The van der Waals surface area contributed by atoms with Crippen molar-refractivity contribution < 1.29 is 9.53 Å². The van der Waals surface area contributed by atoms with E-state index in [-0.39, 0.29) is 18.1 Å². The summed E-state index contributed by atoms with van der Waals surface area (Å²) in [7, 11) is 0. The Bertz CT molecular complexity index is 918. The number of aromatic amines is 1. The van der Waals surface area contributed by atoms with E-state index in [1.165, 1.54) is 6.07 Å². The second kappa shape index (κ2) is 7.63. The summed E-state index contributed by atoms with van der Waals surface area (Å²) in [6, 6.07) is 16.9. The van der Waals surface area contributed by atoms with Gasteiger partial charge in [-0.15, -0.1) is 0 Å². The first-order valence-electron chi connectivity index (χ1n) is 7.44. The number of hydrogen-bond donors (Lipinski definition) is 2. The minimum absolute atomic E-state index is 0.122. The molecule has 0 spiro atoms. The van der Waals surface area contributed by atoms with E-state index >= 15 is 0 Å². The predicted molar refractivity (Wildman–Crippen MR) is 95.9 cm³/mol. The number of carbonyl (C=O) groups excluding carboxylic acids is 1. The summed E-state index contributed by atoms with van der Waals surface area (Å²) in [5.41, 5.74) is 1.71. The Hall–Kier alpha value is -3.12. The van der Waals surface area contributed by atoms with Crippen molar-refractivity contribution in [2.24, 2.45) is 0 Å². The van der Waals surface area contributed by atoms with E-state index in [1.54, 1.807) is 48.5 Å². The standard InChI is InChI=1S/C18H14ClN3O3/c19-13-4-6-15(7-5-13)25-11-18(24)20-14-3-1-2-12(10-14)16-8-9-17(23)22-21-16/h1-10H,11H2,(H,20,24)(H,22,23). The van der Waals surface area contributed by atoms with Crippen LogP contribution in [0.1, 0.15) is 0 Å². The predicted octanol–water partition coefficient (Wildman–Crippen LogP) is 3.11. The zero-order valence-electron chi connectivity index (χ0n) is 13.0. The van der Waals surface area contributed by atoms with Gasteiger partial charge in [-0.2, -0.15) is 5.10 Å². The Kier molecular flexibility index (Phi) is 5.11. The maximum atomic E-state index is 12.0. The monoisotopic (exact) mass is 355 g/mol. The highest BCUT2D eigenvalue weighted by Crippen LogP contribution is 2.20. The first-order valence-corrected chi connectivity index (χ1v) is 7.82. The summed E-state index contributed by atoms with van der Waals surface area (Å²) in [6.07, 6.45) is 0. The Morgan fingerprint density at radius 2 is 1.92 bits per heavy atom. The van der Waals surface area contributed by atoms with Crippen LogP contribution in [-0.4, -0.2) is 22.7 Å². The molecule has 126 valence electrons. The Balaban J connectivity index is 1.63. The molecule has 3 aromatic rings. The smallest absolute Gasteiger partial charge is 0.264 e. The van der Waals surface area contributed by atoms with Crippen LogP contribution in [-0.2, 0) is 4.79 Å². The van der Waals surface area contributed by atoms with Gasteiger partial charge in [0.1, 0.15) is 5.75 Å². The van der Waals surface area contributed by atoms with E-state index in [9.17, 15) is 9.59 Å². The SMILES string of the molecule is O=C(COc1ccc(Cl)cc1)Nc1cccc(-c2ccc(=O)[nH]n2)c1. The fraction of sp³-hybridized carbons (Fsp3) is 0.0556. The molecule has 0 aliphatic heterocycles. The fourth-order valence-corrected chi connectivity index (χ4v) is 2.26. The fourth-order valence-electron chi connectivity index (χ4n) is 2.14. The van der Waals surface area contributed by atoms with Crippen LogP contribution in [0.25, 0.3) is 11.3 Å². The summed E-state index contributed by atoms with van der Waals surface area (Å²) in [4.78, 5) is 23.1. The first kappa shape index (κ1) is 16.7. The second-order valence-corrected chi connectivity index (χ2v) is 5.61. The third-order valence-electron chi connectivity index (χ3n) is 3.30. The van der Waals surface area contributed by atoms with Gasteiger partial charge in [0.15, 0.2) is 6.61 Å². The highest BCUT2D eigenvalue weighted by Gasteiger charge is 2.06. The van der Waals surface area contributed by atoms with Gasteiger partial charge in [0.2, 0.25) is 0 Å². The molecule has 1 heterocycles. The molecular weight excluding hydrogens is 342 g/mol. The second-order valence-electron chi connectivity index (χ2n) is 5.18. The van der Waals surface area contributed by atoms with Crippen LogP contribution in [0.5, 0.6) is 5.75 Å². The molecule has 2 N–H and O–H groups in total. The molecule has 6 nitrogen and oxygen atoms in total. The van der Waals surface area contributed by atoms with Crippen LogP contribution in [0, 0.1) is 0 Å². The maximum Gasteiger partial charge on any atom is 0.264 e. The summed E-state index contributed by atoms with van der Waals surface area (Å²) < 4.78 is 5.40. The average Bonchev–Trinajstić information content (AvgIpc) is 2.62. The number of hydrogen-bond acceptors (Lipinski definition) is 4. The lowest BCUT2D eigenvalue weighted by molar-refractivity contribution is -0.118. The van der Waals surface area contributed by atoms with E-state index in [4.69, 9.17) is 16.3 Å². The zero-order valence-corrected chi connectivity index (χ0v) is 13.8. The topological polar surface area (TPSA) is 84.1 Å². The van der Waals surface area contributed by atoms with Gasteiger partial charge in [-0.05, 0) is 42.5 Å². The maximum absolute atomic E-state index is 12.0. The molecule has 0 saturated carbocycles. The highest BCUT2D eigenvalue weighted by atomic mass is 35.5. The van der Waals surface area contributed by atoms with E-state index < -0.39 is 0 Å². The minimum Gasteiger partial charge on any atom is -0.484 e. The van der Waals surface area contributed by atoms with Crippen molar-refractivity contribution in [3.63, 3.8) is 0 Å². The molecule has 2 aromatic carbocycles. The van der Waals surface area contributed by atoms with Gasteiger partial charge in [0.05, 0.1) is 5.69 Å². The van der Waals surface area contributed by atoms with Crippen LogP contribution in [0.2, 0.25) is 5.02 Å². The van der Waals surface area contributed by atoms with E-state index in [1.807, 2.05) is 6.07 Å². The molecule has 0 aliphatic carbocycles. The normalized spacial score (nSPS) is 10.3. The molecule has 0 bridgehead atoms. The van der Waals surface area contributed by atoms with Crippen molar-refractivity contribution >= 4 is 23.2 Å². The van der Waals surface area contributed by atoms with Gasteiger partial charge >= 0.3 is 0 Å². The molecule has 1 aromatic heterocycles. The number of rotatable bonds is 5. The quantitative estimate of drug-likeness (QED) is 0.736. The number of carbonyl (C=O) groups is 1. The number of aromatic nitrogens is 2. The van der Waals surface area contributed by atoms with Crippen LogP contribution in [0.15, 0.2) is 65.5 Å². The number of benzene rings is 2. The van der Waals surface area contributed by atoms with Crippen molar-refractivity contribution in [2.45, 2.75) is 0 Å². The van der Waals surface area contributed by atoms with Crippen molar-refractivity contribution in [1.29, 1.82) is 0 Å². The number of anilines is 1. The molecule has 1 amide bonds. The Labute approximate surface area is 148 Å². The summed E-state index contributed by atoms with van der Waals surface area (Å²) in [5.74, 6) is 0.271. The minimum atomic E-state index is -0.290.